The van der Waals surface area contributed by atoms with Crippen molar-refractivity contribution >= 4 is 21.9 Å². The molecule has 0 unspecified atom stereocenters. The Morgan fingerprint density at radius 3 is 2.53 bits per heavy atom. The third-order valence-corrected chi connectivity index (χ3v) is 3.76. The minimum atomic E-state index is -0.124. The van der Waals surface area contributed by atoms with E-state index in [9.17, 15) is 4.79 Å². The first-order chi connectivity index (χ1) is 9.17. The van der Waals surface area contributed by atoms with Crippen molar-refractivity contribution in [1.82, 2.24) is 9.97 Å². The van der Waals surface area contributed by atoms with Crippen LogP contribution < -0.4 is 4.74 Å². The summed E-state index contributed by atoms with van der Waals surface area (Å²) in [4.78, 5) is 19.4. The van der Waals surface area contributed by atoms with Gasteiger partial charge in [-0.05, 0) is 47.5 Å². The minimum absolute atomic E-state index is 0.124. The van der Waals surface area contributed by atoms with Gasteiger partial charge in [0.1, 0.15) is 6.10 Å². The van der Waals surface area contributed by atoms with Crippen LogP contribution in [-0.4, -0.2) is 29.2 Å². The lowest BCUT2D eigenvalue weighted by Crippen LogP contribution is -2.26. The minimum Gasteiger partial charge on any atom is -0.469 e. The van der Waals surface area contributed by atoms with Gasteiger partial charge < -0.3 is 9.47 Å². The molecule has 0 N–H and O–H groups in total. The summed E-state index contributed by atoms with van der Waals surface area (Å²) >= 11 is 3.28. The second kappa shape index (κ2) is 6.84. The van der Waals surface area contributed by atoms with Gasteiger partial charge in [-0.2, -0.15) is 0 Å². The van der Waals surface area contributed by atoms with E-state index in [4.69, 9.17) is 9.47 Å². The van der Waals surface area contributed by atoms with Gasteiger partial charge in [-0.3, -0.25) is 4.79 Å². The fourth-order valence-corrected chi connectivity index (χ4v) is 2.49. The van der Waals surface area contributed by atoms with Crippen LogP contribution in [-0.2, 0) is 9.53 Å². The molecular formula is C13H17BrN2O3. The zero-order chi connectivity index (χ0) is 13.7. The molecule has 19 heavy (non-hydrogen) atoms. The highest BCUT2D eigenvalue weighted by Crippen LogP contribution is 2.29. The van der Waals surface area contributed by atoms with Crippen LogP contribution in [0, 0.1) is 5.92 Å². The summed E-state index contributed by atoms with van der Waals surface area (Å²) in [5, 5.41) is 0. The molecule has 0 aliphatic heterocycles. The number of ether oxygens (including phenoxy) is 2. The van der Waals surface area contributed by atoms with E-state index < -0.39 is 0 Å². The van der Waals surface area contributed by atoms with Crippen LogP contribution in [0.4, 0.5) is 0 Å². The zero-order valence-electron chi connectivity index (χ0n) is 10.8. The molecule has 1 heterocycles. The second-order valence-electron chi connectivity index (χ2n) is 4.72. The Morgan fingerprint density at radius 2 is 1.95 bits per heavy atom. The maximum Gasteiger partial charge on any atom is 0.316 e. The Labute approximate surface area is 120 Å². The van der Waals surface area contributed by atoms with Gasteiger partial charge >= 0.3 is 12.0 Å². The Balaban J connectivity index is 1.77. The highest BCUT2D eigenvalue weighted by Gasteiger charge is 2.24. The second-order valence-corrected chi connectivity index (χ2v) is 5.64. The summed E-state index contributed by atoms with van der Waals surface area (Å²) in [6.45, 7) is 0. The molecule has 0 radical (unpaired) electrons. The van der Waals surface area contributed by atoms with E-state index in [2.05, 4.69) is 25.9 Å². The lowest BCUT2D eigenvalue weighted by molar-refractivity contribution is -0.142. The number of nitrogens with zero attached hydrogens (tertiary/aromatic N) is 2. The van der Waals surface area contributed by atoms with Gasteiger partial charge in [-0.25, -0.2) is 9.97 Å². The summed E-state index contributed by atoms with van der Waals surface area (Å²) in [5.41, 5.74) is 0. The predicted molar refractivity (Wildman–Crippen MR) is 72.7 cm³/mol. The van der Waals surface area contributed by atoms with Crippen molar-refractivity contribution in [3.05, 3.63) is 16.9 Å². The molecule has 104 valence electrons. The van der Waals surface area contributed by atoms with Gasteiger partial charge in [0.15, 0.2) is 0 Å². The third-order valence-electron chi connectivity index (χ3n) is 3.35. The van der Waals surface area contributed by atoms with Crippen molar-refractivity contribution in [2.75, 3.05) is 7.11 Å². The Kier molecular flexibility index (Phi) is 5.13. The van der Waals surface area contributed by atoms with E-state index in [1.165, 1.54) is 7.11 Å². The molecule has 0 saturated heterocycles. The van der Waals surface area contributed by atoms with Crippen LogP contribution in [0.3, 0.4) is 0 Å². The standard InChI is InChI=1S/C13H17BrN2O3/c1-18-12(17)6-9-2-4-11(5-3-9)19-13-15-7-10(14)8-16-13/h7-9,11H,2-6H2,1H3/t9-,11+. The van der Waals surface area contributed by atoms with Gasteiger partial charge in [0.25, 0.3) is 0 Å². The fourth-order valence-electron chi connectivity index (χ4n) is 2.28. The number of carbonyl (C=O) groups is 1. The number of halogens is 1. The number of hydrogen-bond donors (Lipinski definition) is 0. The Morgan fingerprint density at radius 1 is 1.32 bits per heavy atom. The lowest BCUT2D eigenvalue weighted by Gasteiger charge is -2.27. The molecule has 0 atom stereocenters. The molecule has 6 heteroatoms. The summed E-state index contributed by atoms with van der Waals surface area (Å²) < 4.78 is 11.3. The molecule has 1 fully saturated rings. The SMILES string of the molecule is COC(=O)C[C@H]1CC[C@@H](Oc2ncc(Br)cn2)CC1. The van der Waals surface area contributed by atoms with Crippen LogP contribution in [0.1, 0.15) is 32.1 Å². The zero-order valence-corrected chi connectivity index (χ0v) is 12.4. The average molecular weight is 329 g/mol. The van der Waals surface area contributed by atoms with Gasteiger partial charge in [0, 0.05) is 18.8 Å². The molecule has 1 aliphatic carbocycles. The number of esters is 1. The summed E-state index contributed by atoms with van der Waals surface area (Å²) in [6, 6.07) is 0.416. The van der Waals surface area contributed by atoms with E-state index in [0.717, 1.165) is 30.2 Å². The third kappa shape index (κ3) is 4.45. The van der Waals surface area contributed by atoms with E-state index in [1.807, 2.05) is 0 Å². The van der Waals surface area contributed by atoms with Crippen molar-refractivity contribution < 1.29 is 14.3 Å². The van der Waals surface area contributed by atoms with E-state index in [1.54, 1.807) is 12.4 Å². The van der Waals surface area contributed by atoms with Crippen molar-refractivity contribution in [1.29, 1.82) is 0 Å². The van der Waals surface area contributed by atoms with Crippen molar-refractivity contribution in [3.63, 3.8) is 0 Å². The maximum atomic E-state index is 11.2. The number of rotatable bonds is 4. The smallest absolute Gasteiger partial charge is 0.316 e. The molecule has 5 nitrogen and oxygen atoms in total. The largest absolute Gasteiger partial charge is 0.469 e. The van der Waals surface area contributed by atoms with Crippen LogP contribution >= 0.6 is 15.9 Å². The topological polar surface area (TPSA) is 61.3 Å². The molecule has 1 aromatic heterocycles. The fraction of sp³-hybridized carbons (Fsp3) is 0.615. The summed E-state index contributed by atoms with van der Waals surface area (Å²) in [5.74, 6) is 0.291. The van der Waals surface area contributed by atoms with Gasteiger partial charge in [0.05, 0.1) is 11.6 Å². The number of carbonyl (C=O) groups excluding carboxylic acids is 1. The first kappa shape index (κ1) is 14.2. The molecule has 1 aromatic rings. The van der Waals surface area contributed by atoms with Crippen LogP contribution in [0.5, 0.6) is 6.01 Å². The lowest BCUT2D eigenvalue weighted by atomic mass is 9.85. The highest BCUT2D eigenvalue weighted by molar-refractivity contribution is 9.10. The van der Waals surface area contributed by atoms with Gasteiger partial charge in [-0.15, -0.1) is 0 Å². The van der Waals surface area contributed by atoms with E-state index >= 15 is 0 Å². The average Bonchev–Trinajstić information content (AvgIpc) is 2.43. The predicted octanol–water partition coefficient (Wildman–Crippen LogP) is 2.74. The number of hydrogen-bond acceptors (Lipinski definition) is 5. The van der Waals surface area contributed by atoms with Crippen molar-refractivity contribution in [3.8, 4) is 6.01 Å². The maximum absolute atomic E-state index is 11.2. The van der Waals surface area contributed by atoms with Crippen LogP contribution in [0.15, 0.2) is 16.9 Å². The monoisotopic (exact) mass is 328 g/mol. The van der Waals surface area contributed by atoms with Gasteiger partial charge in [0.2, 0.25) is 0 Å². The Hall–Kier alpha value is -1.17. The Bertz CT molecular complexity index is 416. The highest BCUT2D eigenvalue weighted by atomic mass is 79.9. The van der Waals surface area contributed by atoms with E-state index in [0.29, 0.717) is 18.3 Å². The molecule has 1 aliphatic rings. The molecule has 0 bridgehead atoms. The normalized spacial score (nSPS) is 22.8. The molecule has 1 saturated carbocycles. The van der Waals surface area contributed by atoms with Crippen LogP contribution in [0.2, 0.25) is 0 Å². The molecular weight excluding hydrogens is 312 g/mol. The number of aromatic nitrogens is 2. The summed E-state index contributed by atoms with van der Waals surface area (Å²) in [7, 11) is 1.43. The van der Waals surface area contributed by atoms with E-state index in [-0.39, 0.29) is 12.1 Å². The molecule has 2 rings (SSSR count). The van der Waals surface area contributed by atoms with Crippen molar-refractivity contribution in [2.45, 2.75) is 38.2 Å². The van der Waals surface area contributed by atoms with Crippen LogP contribution in [0.25, 0.3) is 0 Å². The quantitative estimate of drug-likeness (QED) is 0.795. The molecule has 0 amide bonds. The first-order valence-corrected chi connectivity index (χ1v) is 7.17. The number of methoxy groups -OCH3 is 1. The summed E-state index contributed by atoms with van der Waals surface area (Å²) in [6.07, 6.45) is 7.83. The van der Waals surface area contributed by atoms with Crippen molar-refractivity contribution in [2.24, 2.45) is 5.92 Å². The van der Waals surface area contributed by atoms with Gasteiger partial charge in [-0.1, -0.05) is 0 Å². The first-order valence-electron chi connectivity index (χ1n) is 6.38. The molecule has 0 spiro atoms. The molecule has 0 aromatic carbocycles.